The first-order chi connectivity index (χ1) is 14.7. The van der Waals surface area contributed by atoms with Crippen LogP contribution in [-0.2, 0) is 11.2 Å². The molecule has 0 saturated carbocycles. The zero-order valence-electron chi connectivity index (χ0n) is 17.7. The number of benzene rings is 3. The van der Waals surface area contributed by atoms with Crippen molar-refractivity contribution in [3.05, 3.63) is 83.9 Å². The molecule has 2 aliphatic heterocycles. The molecule has 3 aromatic carbocycles. The summed E-state index contributed by atoms with van der Waals surface area (Å²) in [4.78, 5) is 18.1. The molecule has 0 radical (unpaired) electrons. The predicted molar refractivity (Wildman–Crippen MR) is 122 cm³/mol. The minimum atomic E-state index is 0.0310. The number of hydrogen-bond donors (Lipinski definition) is 0. The Morgan fingerprint density at radius 1 is 0.900 bits per heavy atom. The van der Waals surface area contributed by atoms with Crippen molar-refractivity contribution >= 4 is 16.7 Å². The second-order valence-corrected chi connectivity index (χ2v) is 8.83. The molecule has 3 aromatic rings. The molecule has 5 rings (SSSR count). The van der Waals surface area contributed by atoms with Crippen LogP contribution in [0.5, 0.6) is 0 Å². The van der Waals surface area contributed by atoms with E-state index >= 15 is 0 Å². The highest BCUT2D eigenvalue weighted by Crippen LogP contribution is 2.39. The summed E-state index contributed by atoms with van der Waals surface area (Å²) in [5.41, 5.74) is 2.64. The normalized spacial score (nSPS) is 23.0. The number of fused-ring (bicyclic) bond motifs is 2. The van der Waals surface area contributed by atoms with Crippen LogP contribution in [0.1, 0.15) is 36.9 Å². The van der Waals surface area contributed by atoms with Crippen LogP contribution in [0.2, 0.25) is 0 Å². The molecule has 3 atom stereocenters. The number of hydrogen-bond acceptors (Lipinski definition) is 2. The van der Waals surface area contributed by atoms with E-state index in [4.69, 9.17) is 0 Å². The predicted octanol–water partition coefficient (Wildman–Crippen LogP) is 5.07. The minimum Gasteiger partial charge on any atom is -0.341 e. The summed E-state index contributed by atoms with van der Waals surface area (Å²) >= 11 is 0. The molecule has 0 aliphatic carbocycles. The number of carbonyl (C=O) groups excluding carboxylic acids is 1. The quantitative estimate of drug-likeness (QED) is 0.599. The summed E-state index contributed by atoms with van der Waals surface area (Å²) in [5, 5.41) is 2.58. The van der Waals surface area contributed by atoms with Crippen LogP contribution in [0, 0.1) is 5.92 Å². The van der Waals surface area contributed by atoms with Gasteiger partial charge in [-0.2, -0.15) is 0 Å². The van der Waals surface area contributed by atoms with Gasteiger partial charge in [-0.25, -0.2) is 0 Å². The molecule has 0 N–H and O–H groups in total. The molecular weight excluding hydrogens is 368 g/mol. The van der Waals surface area contributed by atoms with Crippen molar-refractivity contribution in [2.75, 3.05) is 19.6 Å². The van der Waals surface area contributed by atoms with Gasteiger partial charge in [0, 0.05) is 19.1 Å². The SMILES string of the molecule is C[C@@H](c1cccc2ccccc12)N1CC[C@@H]2CCN(CCc3ccccc3)C(=O)[C@@H]21. The maximum Gasteiger partial charge on any atom is 0.240 e. The van der Waals surface area contributed by atoms with Crippen LogP contribution < -0.4 is 0 Å². The Balaban J connectivity index is 1.36. The second-order valence-electron chi connectivity index (χ2n) is 8.83. The highest BCUT2D eigenvalue weighted by molar-refractivity contribution is 5.87. The van der Waals surface area contributed by atoms with E-state index < -0.39 is 0 Å². The fourth-order valence-electron chi connectivity index (χ4n) is 5.51. The first-order valence-corrected chi connectivity index (χ1v) is 11.3. The third kappa shape index (κ3) is 3.52. The van der Waals surface area contributed by atoms with Crippen LogP contribution in [0.15, 0.2) is 72.8 Å². The van der Waals surface area contributed by atoms with Gasteiger partial charge in [0.2, 0.25) is 5.91 Å². The maximum atomic E-state index is 13.5. The molecule has 2 aliphatic rings. The van der Waals surface area contributed by atoms with E-state index in [-0.39, 0.29) is 12.1 Å². The van der Waals surface area contributed by atoms with Crippen molar-refractivity contribution in [1.82, 2.24) is 9.80 Å². The van der Waals surface area contributed by atoms with Gasteiger partial charge >= 0.3 is 0 Å². The van der Waals surface area contributed by atoms with Crippen molar-refractivity contribution in [3.8, 4) is 0 Å². The van der Waals surface area contributed by atoms with Crippen molar-refractivity contribution in [1.29, 1.82) is 0 Å². The maximum absolute atomic E-state index is 13.5. The van der Waals surface area contributed by atoms with Crippen LogP contribution in [0.25, 0.3) is 10.8 Å². The van der Waals surface area contributed by atoms with Crippen molar-refractivity contribution < 1.29 is 4.79 Å². The number of rotatable bonds is 5. The molecule has 0 bridgehead atoms. The fourth-order valence-corrected chi connectivity index (χ4v) is 5.51. The zero-order valence-corrected chi connectivity index (χ0v) is 17.7. The van der Waals surface area contributed by atoms with Crippen LogP contribution in [0.3, 0.4) is 0 Å². The molecule has 154 valence electrons. The van der Waals surface area contributed by atoms with E-state index in [0.29, 0.717) is 11.8 Å². The molecule has 1 amide bonds. The van der Waals surface area contributed by atoms with Gasteiger partial charge in [0.05, 0.1) is 6.04 Å². The van der Waals surface area contributed by atoms with E-state index in [1.54, 1.807) is 0 Å². The topological polar surface area (TPSA) is 23.6 Å². The third-order valence-electron chi connectivity index (χ3n) is 7.18. The molecule has 30 heavy (non-hydrogen) atoms. The smallest absolute Gasteiger partial charge is 0.240 e. The molecule has 0 unspecified atom stereocenters. The Labute approximate surface area is 179 Å². The first-order valence-electron chi connectivity index (χ1n) is 11.3. The van der Waals surface area contributed by atoms with E-state index in [1.165, 1.54) is 21.9 Å². The van der Waals surface area contributed by atoms with E-state index in [9.17, 15) is 4.79 Å². The van der Waals surface area contributed by atoms with E-state index in [0.717, 1.165) is 38.9 Å². The summed E-state index contributed by atoms with van der Waals surface area (Å²) in [6.07, 6.45) is 3.20. The van der Waals surface area contributed by atoms with Gasteiger partial charge < -0.3 is 4.90 Å². The molecule has 0 aromatic heterocycles. The highest BCUT2D eigenvalue weighted by Gasteiger charge is 2.45. The number of piperidine rings is 1. The average molecular weight is 399 g/mol. The number of amides is 1. The summed E-state index contributed by atoms with van der Waals surface area (Å²) in [6, 6.07) is 25.9. The van der Waals surface area contributed by atoms with Crippen molar-refractivity contribution in [2.24, 2.45) is 5.92 Å². The largest absolute Gasteiger partial charge is 0.341 e. The average Bonchev–Trinajstić information content (AvgIpc) is 3.23. The number of likely N-dealkylation sites (tertiary alicyclic amines) is 2. The Hall–Kier alpha value is -2.65. The Morgan fingerprint density at radius 3 is 2.50 bits per heavy atom. The lowest BCUT2D eigenvalue weighted by molar-refractivity contribution is -0.141. The number of nitrogens with zero attached hydrogens (tertiary/aromatic N) is 2. The van der Waals surface area contributed by atoms with Crippen LogP contribution >= 0.6 is 0 Å². The molecule has 2 fully saturated rings. The highest BCUT2D eigenvalue weighted by atomic mass is 16.2. The molecule has 2 heterocycles. The fraction of sp³-hybridized carbons (Fsp3) is 0.370. The lowest BCUT2D eigenvalue weighted by atomic mass is 9.90. The Bertz CT molecular complexity index is 1030. The summed E-state index contributed by atoms with van der Waals surface area (Å²) < 4.78 is 0. The Kier molecular flexibility index (Phi) is 5.30. The molecule has 3 nitrogen and oxygen atoms in total. The zero-order chi connectivity index (χ0) is 20.5. The van der Waals surface area contributed by atoms with Gasteiger partial charge in [-0.1, -0.05) is 72.8 Å². The number of carbonyl (C=O) groups is 1. The third-order valence-corrected chi connectivity index (χ3v) is 7.18. The first kappa shape index (κ1) is 19.3. The Morgan fingerprint density at radius 2 is 1.63 bits per heavy atom. The molecular formula is C27H30N2O. The van der Waals surface area contributed by atoms with Gasteiger partial charge in [0.1, 0.15) is 0 Å². The van der Waals surface area contributed by atoms with Gasteiger partial charge in [-0.05, 0) is 60.5 Å². The summed E-state index contributed by atoms with van der Waals surface area (Å²) in [5.74, 6) is 0.842. The van der Waals surface area contributed by atoms with Gasteiger partial charge in [0.15, 0.2) is 0 Å². The van der Waals surface area contributed by atoms with E-state index in [1.807, 2.05) is 6.07 Å². The lowest BCUT2D eigenvalue weighted by Crippen LogP contribution is -2.53. The van der Waals surface area contributed by atoms with E-state index in [2.05, 4.69) is 83.5 Å². The molecule has 2 saturated heterocycles. The second kappa shape index (κ2) is 8.23. The molecule has 3 heteroatoms. The van der Waals surface area contributed by atoms with Crippen LogP contribution in [0.4, 0.5) is 0 Å². The lowest BCUT2D eigenvalue weighted by Gasteiger charge is -2.40. The van der Waals surface area contributed by atoms with Crippen molar-refractivity contribution in [3.63, 3.8) is 0 Å². The van der Waals surface area contributed by atoms with Gasteiger partial charge in [0.25, 0.3) is 0 Å². The summed E-state index contributed by atoms with van der Waals surface area (Å²) in [7, 11) is 0. The van der Waals surface area contributed by atoms with Gasteiger partial charge in [-0.15, -0.1) is 0 Å². The molecule has 0 spiro atoms. The monoisotopic (exact) mass is 398 g/mol. The van der Waals surface area contributed by atoms with Crippen LogP contribution in [-0.4, -0.2) is 41.4 Å². The minimum absolute atomic E-state index is 0.0310. The van der Waals surface area contributed by atoms with Crippen molar-refractivity contribution in [2.45, 2.75) is 38.3 Å². The standard InChI is InChI=1S/C27H30N2O/c1-20(24-13-7-11-22-10-5-6-12-25(22)24)29-19-16-23-15-18-28(27(30)26(23)29)17-14-21-8-3-2-4-9-21/h2-13,20,23,26H,14-19H2,1H3/t20-,23-,26+/m0/s1. The van der Waals surface area contributed by atoms with Gasteiger partial charge in [-0.3, -0.25) is 9.69 Å². The summed E-state index contributed by atoms with van der Waals surface area (Å²) in [6.45, 7) is 5.02.